The number of rotatable bonds is 2. The minimum absolute atomic E-state index is 0.0421. The summed E-state index contributed by atoms with van der Waals surface area (Å²) < 4.78 is 5.01. The number of ether oxygens (including phenoxy) is 1. The molecule has 0 aromatic carbocycles. The van der Waals surface area contributed by atoms with Crippen LogP contribution in [0.2, 0.25) is 0 Å². The fraction of sp³-hybridized carbons (Fsp3) is 0.900. The lowest BCUT2D eigenvalue weighted by atomic mass is 9.96. The lowest BCUT2D eigenvalue weighted by Gasteiger charge is -2.42. The van der Waals surface area contributed by atoms with Crippen molar-refractivity contribution in [3.8, 4) is 0 Å². The Labute approximate surface area is 80.1 Å². The summed E-state index contributed by atoms with van der Waals surface area (Å²) in [5.74, 6) is 0.491. The van der Waals surface area contributed by atoms with E-state index in [-0.39, 0.29) is 11.6 Å². The van der Waals surface area contributed by atoms with Crippen LogP contribution in [-0.2, 0) is 4.74 Å². The third kappa shape index (κ3) is 2.36. The van der Waals surface area contributed by atoms with Gasteiger partial charge in [0.1, 0.15) is 0 Å². The molecule has 76 valence electrons. The summed E-state index contributed by atoms with van der Waals surface area (Å²) in [5, 5.41) is 0. The summed E-state index contributed by atoms with van der Waals surface area (Å²) in [6, 6.07) is 0. The molecule has 1 amide bonds. The van der Waals surface area contributed by atoms with Crippen LogP contribution in [0.4, 0.5) is 4.79 Å². The third-order valence-electron chi connectivity index (χ3n) is 2.44. The first-order valence-electron chi connectivity index (χ1n) is 4.88. The van der Waals surface area contributed by atoms with Gasteiger partial charge in [0.15, 0.2) is 0 Å². The number of hydrogen-bond donors (Lipinski definition) is 0. The van der Waals surface area contributed by atoms with Crippen LogP contribution in [0, 0.1) is 5.92 Å². The van der Waals surface area contributed by atoms with Crippen molar-refractivity contribution in [2.24, 2.45) is 5.92 Å². The van der Waals surface area contributed by atoms with Crippen molar-refractivity contribution >= 4 is 6.09 Å². The number of cyclic esters (lactones) is 1. The summed E-state index contributed by atoms with van der Waals surface area (Å²) >= 11 is 0. The third-order valence-corrected chi connectivity index (χ3v) is 2.44. The SMILES string of the molecule is CC(C)CN1C(=O)OCCC1(C)C. The highest BCUT2D eigenvalue weighted by Gasteiger charge is 2.35. The Morgan fingerprint density at radius 3 is 2.62 bits per heavy atom. The van der Waals surface area contributed by atoms with Crippen molar-refractivity contribution in [2.45, 2.75) is 39.7 Å². The highest BCUT2D eigenvalue weighted by atomic mass is 16.6. The minimum Gasteiger partial charge on any atom is -0.449 e. The Morgan fingerprint density at radius 1 is 1.54 bits per heavy atom. The van der Waals surface area contributed by atoms with E-state index < -0.39 is 0 Å². The van der Waals surface area contributed by atoms with Gasteiger partial charge >= 0.3 is 6.09 Å². The molecule has 0 unspecified atom stereocenters. The predicted octanol–water partition coefficient (Wildman–Crippen LogP) is 2.26. The maximum atomic E-state index is 11.4. The van der Waals surface area contributed by atoms with Crippen molar-refractivity contribution < 1.29 is 9.53 Å². The molecule has 1 fully saturated rings. The summed E-state index contributed by atoms with van der Waals surface area (Å²) in [5.41, 5.74) is -0.0421. The monoisotopic (exact) mass is 185 g/mol. The van der Waals surface area contributed by atoms with Gasteiger partial charge in [0.25, 0.3) is 0 Å². The van der Waals surface area contributed by atoms with E-state index in [0.29, 0.717) is 12.5 Å². The molecule has 1 saturated heterocycles. The molecule has 1 rings (SSSR count). The zero-order valence-corrected chi connectivity index (χ0v) is 8.96. The van der Waals surface area contributed by atoms with Gasteiger partial charge in [-0.25, -0.2) is 4.79 Å². The molecule has 0 aromatic rings. The molecule has 0 bridgehead atoms. The molecular formula is C10H19NO2. The Hall–Kier alpha value is -0.730. The molecule has 0 aliphatic carbocycles. The van der Waals surface area contributed by atoms with Crippen LogP contribution in [0.15, 0.2) is 0 Å². The molecule has 0 atom stereocenters. The first kappa shape index (κ1) is 10.4. The van der Waals surface area contributed by atoms with Gasteiger partial charge in [-0.2, -0.15) is 0 Å². The van der Waals surface area contributed by atoms with E-state index in [1.807, 2.05) is 4.90 Å². The molecular weight excluding hydrogens is 166 g/mol. The maximum absolute atomic E-state index is 11.4. The predicted molar refractivity (Wildman–Crippen MR) is 51.6 cm³/mol. The van der Waals surface area contributed by atoms with Crippen molar-refractivity contribution in [1.82, 2.24) is 4.90 Å². The standard InChI is InChI=1S/C10H19NO2/c1-8(2)7-11-9(12)13-6-5-10(11,3)4/h8H,5-7H2,1-4H3. The average molecular weight is 185 g/mol. The normalized spacial score (nSPS) is 21.9. The molecule has 3 heteroatoms. The van der Waals surface area contributed by atoms with Gasteiger partial charge in [0, 0.05) is 18.5 Å². The lowest BCUT2D eigenvalue weighted by Crippen LogP contribution is -2.53. The Bertz CT molecular complexity index is 199. The summed E-state index contributed by atoms with van der Waals surface area (Å²) in [4.78, 5) is 13.3. The van der Waals surface area contributed by atoms with E-state index in [9.17, 15) is 4.79 Å². The van der Waals surface area contributed by atoms with E-state index >= 15 is 0 Å². The number of nitrogens with zero attached hydrogens (tertiary/aromatic N) is 1. The molecule has 1 aliphatic rings. The molecule has 13 heavy (non-hydrogen) atoms. The van der Waals surface area contributed by atoms with E-state index in [1.54, 1.807) is 0 Å². The fourth-order valence-corrected chi connectivity index (χ4v) is 1.53. The quantitative estimate of drug-likeness (QED) is 0.660. The van der Waals surface area contributed by atoms with E-state index in [1.165, 1.54) is 0 Å². The average Bonchev–Trinajstić information content (AvgIpc) is 1.96. The summed E-state index contributed by atoms with van der Waals surface area (Å²) in [6.07, 6.45) is 0.760. The number of carbonyl (C=O) groups is 1. The summed E-state index contributed by atoms with van der Waals surface area (Å²) in [6.45, 7) is 9.74. The van der Waals surface area contributed by atoms with E-state index in [2.05, 4.69) is 27.7 Å². The Balaban J connectivity index is 2.69. The number of carbonyl (C=O) groups excluding carboxylic acids is 1. The first-order chi connectivity index (χ1) is 5.93. The fourth-order valence-electron chi connectivity index (χ4n) is 1.53. The lowest BCUT2D eigenvalue weighted by molar-refractivity contribution is 0.00590. The molecule has 0 radical (unpaired) electrons. The van der Waals surface area contributed by atoms with Crippen LogP contribution in [0.5, 0.6) is 0 Å². The van der Waals surface area contributed by atoms with Crippen LogP contribution in [0.25, 0.3) is 0 Å². The largest absolute Gasteiger partial charge is 0.449 e. The molecule has 0 spiro atoms. The molecule has 1 heterocycles. The first-order valence-corrected chi connectivity index (χ1v) is 4.88. The van der Waals surface area contributed by atoms with Crippen LogP contribution >= 0.6 is 0 Å². The van der Waals surface area contributed by atoms with Crippen LogP contribution in [0.1, 0.15) is 34.1 Å². The van der Waals surface area contributed by atoms with Crippen LogP contribution in [0.3, 0.4) is 0 Å². The second-order valence-electron chi connectivity index (χ2n) is 4.68. The molecule has 0 aromatic heterocycles. The highest BCUT2D eigenvalue weighted by Crippen LogP contribution is 2.25. The van der Waals surface area contributed by atoms with Crippen molar-refractivity contribution in [3.05, 3.63) is 0 Å². The highest BCUT2D eigenvalue weighted by molar-refractivity contribution is 5.69. The zero-order valence-electron chi connectivity index (χ0n) is 8.96. The van der Waals surface area contributed by atoms with Crippen molar-refractivity contribution in [3.63, 3.8) is 0 Å². The van der Waals surface area contributed by atoms with Crippen LogP contribution in [-0.4, -0.2) is 29.7 Å². The van der Waals surface area contributed by atoms with Gasteiger partial charge in [0.05, 0.1) is 6.61 Å². The number of amides is 1. The number of hydrogen-bond acceptors (Lipinski definition) is 2. The van der Waals surface area contributed by atoms with E-state index in [4.69, 9.17) is 4.74 Å². The van der Waals surface area contributed by atoms with Gasteiger partial charge in [0.2, 0.25) is 0 Å². The van der Waals surface area contributed by atoms with Gasteiger partial charge in [-0.3, -0.25) is 0 Å². The van der Waals surface area contributed by atoms with Crippen LogP contribution < -0.4 is 0 Å². The maximum Gasteiger partial charge on any atom is 0.410 e. The molecule has 0 N–H and O–H groups in total. The van der Waals surface area contributed by atoms with E-state index in [0.717, 1.165) is 13.0 Å². The van der Waals surface area contributed by atoms with Gasteiger partial charge < -0.3 is 9.64 Å². The minimum atomic E-state index is -0.162. The zero-order chi connectivity index (χ0) is 10.1. The van der Waals surface area contributed by atoms with Crippen molar-refractivity contribution in [2.75, 3.05) is 13.2 Å². The summed E-state index contributed by atoms with van der Waals surface area (Å²) in [7, 11) is 0. The Morgan fingerprint density at radius 2 is 2.15 bits per heavy atom. The molecule has 3 nitrogen and oxygen atoms in total. The van der Waals surface area contributed by atoms with Gasteiger partial charge in [-0.15, -0.1) is 0 Å². The molecule has 0 saturated carbocycles. The second kappa shape index (κ2) is 3.56. The molecule has 1 aliphatic heterocycles. The smallest absolute Gasteiger partial charge is 0.410 e. The topological polar surface area (TPSA) is 29.5 Å². The van der Waals surface area contributed by atoms with Crippen molar-refractivity contribution in [1.29, 1.82) is 0 Å². The second-order valence-corrected chi connectivity index (χ2v) is 4.68. The van der Waals surface area contributed by atoms with Gasteiger partial charge in [-0.1, -0.05) is 13.8 Å². The Kier molecular flexibility index (Phi) is 2.84. The van der Waals surface area contributed by atoms with Gasteiger partial charge in [-0.05, 0) is 19.8 Å².